The highest BCUT2D eigenvalue weighted by Crippen LogP contribution is 2.27. The smallest absolute Gasteiger partial charge is 0.331 e. The Kier molecular flexibility index (Phi) is 8.91. The van der Waals surface area contributed by atoms with E-state index in [1.165, 1.54) is 27.2 Å². The van der Waals surface area contributed by atoms with Crippen molar-refractivity contribution in [3.63, 3.8) is 0 Å². The van der Waals surface area contributed by atoms with E-state index in [0.717, 1.165) is 0 Å². The van der Waals surface area contributed by atoms with Crippen LogP contribution in [-0.2, 0) is 23.9 Å². The first kappa shape index (κ1) is 19.4. The summed E-state index contributed by atoms with van der Waals surface area (Å²) in [7, 11) is 1.52. The number of oxime groups is 1. The Labute approximate surface area is 140 Å². The number of esters is 1. The van der Waals surface area contributed by atoms with Gasteiger partial charge >= 0.3 is 11.9 Å². The minimum absolute atomic E-state index is 0.217. The maximum atomic E-state index is 10.6. The highest BCUT2D eigenvalue weighted by atomic mass is 16.7. The van der Waals surface area contributed by atoms with E-state index in [-0.39, 0.29) is 12.6 Å². The molecule has 0 saturated heterocycles. The Morgan fingerprint density at radius 1 is 1.04 bits per heavy atom. The quantitative estimate of drug-likeness (QED) is 0.210. The van der Waals surface area contributed by atoms with Gasteiger partial charge in [-0.05, 0) is 18.2 Å². The maximum absolute atomic E-state index is 10.6. The van der Waals surface area contributed by atoms with Gasteiger partial charge in [0.25, 0.3) is 0 Å². The summed E-state index contributed by atoms with van der Waals surface area (Å²) in [5.74, 6) is 0.233. The molecule has 0 aliphatic heterocycles. The molecule has 0 heterocycles. The highest BCUT2D eigenvalue weighted by Gasteiger charge is 2.05. The van der Waals surface area contributed by atoms with Gasteiger partial charge in [0.1, 0.15) is 13.2 Å². The van der Waals surface area contributed by atoms with Crippen LogP contribution in [0.15, 0.2) is 23.4 Å². The molecule has 0 N–H and O–H groups in total. The number of hydrogen-bond donors (Lipinski definition) is 0. The number of benzene rings is 1. The lowest BCUT2D eigenvalue weighted by Crippen LogP contribution is -2.12. The van der Waals surface area contributed by atoms with Gasteiger partial charge in [-0.3, -0.25) is 4.79 Å². The predicted molar refractivity (Wildman–Crippen MR) is 85.3 cm³/mol. The molecule has 0 aromatic heterocycles. The molecule has 1 rings (SSSR count). The summed E-state index contributed by atoms with van der Waals surface area (Å²) in [5, 5.41) is 3.54. The van der Waals surface area contributed by atoms with Crippen molar-refractivity contribution in [3.8, 4) is 11.5 Å². The highest BCUT2D eigenvalue weighted by molar-refractivity contribution is 5.81. The molecule has 0 bridgehead atoms. The zero-order chi connectivity index (χ0) is 17.8. The fourth-order valence-corrected chi connectivity index (χ4v) is 1.60. The first-order valence-electron chi connectivity index (χ1n) is 7.26. The number of methoxy groups -OCH3 is 1. The lowest BCUT2D eigenvalue weighted by molar-refractivity contribution is -0.142. The summed E-state index contributed by atoms with van der Waals surface area (Å²) in [6.07, 6.45) is 1.39. The van der Waals surface area contributed by atoms with Crippen LogP contribution in [0, 0.1) is 0 Å². The summed E-state index contributed by atoms with van der Waals surface area (Å²) in [6.45, 7) is 3.80. The summed E-state index contributed by atoms with van der Waals surface area (Å²) in [5.41, 5.74) is 0.693. The van der Waals surface area contributed by atoms with Crippen LogP contribution in [-0.4, -0.2) is 51.7 Å². The summed E-state index contributed by atoms with van der Waals surface area (Å²) < 4.78 is 20.8. The molecular weight excluding hydrogens is 318 g/mol. The Balaban J connectivity index is 2.40. The van der Waals surface area contributed by atoms with Crippen molar-refractivity contribution in [1.82, 2.24) is 0 Å². The number of ether oxygens (including phenoxy) is 4. The number of nitrogens with zero attached hydrogens (tertiary/aromatic N) is 1. The van der Waals surface area contributed by atoms with Crippen molar-refractivity contribution >= 4 is 18.2 Å². The van der Waals surface area contributed by atoms with E-state index in [0.29, 0.717) is 36.9 Å². The average Bonchev–Trinajstić information content (AvgIpc) is 2.54. The number of rotatable bonds is 10. The van der Waals surface area contributed by atoms with E-state index < -0.39 is 5.97 Å². The van der Waals surface area contributed by atoms with E-state index in [1.807, 2.05) is 0 Å². The Morgan fingerprint density at radius 2 is 1.79 bits per heavy atom. The van der Waals surface area contributed by atoms with Crippen molar-refractivity contribution < 1.29 is 33.4 Å². The fourth-order valence-electron chi connectivity index (χ4n) is 1.60. The summed E-state index contributed by atoms with van der Waals surface area (Å²) >= 11 is 0. The van der Waals surface area contributed by atoms with Crippen LogP contribution in [0.4, 0.5) is 0 Å². The van der Waals surface area contributed by atoms with Crippen LogP contribution < -0.4 is 9.47 Å². The van der Waals surface area contributed by atoms with Crippen LogP contribution in [0.3, 0.4) is 0 Å². The molecule has 0 saturated carbocycles. The lowest BCUT2D eigenvalue weighted by Gasteiger charge is -2.11. The Morgan fingerprint density at radius 3 is 2.46 bits per heavy atom. The van der Waals surface area contributed by atoms with Crippen molar-refractivity contribution in [2.45, 2.75) is 13.8 Å². The topological polar surface area (TPSA) is 92.7 Å². The van der Waals surface area contributed by atoms with Crippen molar-refractivity contribution in [1.29, 1.82) is 0 Å². The summed E-state index contributed by atoms with van der Waals surface area (Å²) in [4.78, 5) is 25.7. The van der Waals surface area contributed by atoms with E-state index in [9.17, 15) is 9.59 Å². The van der Waals surface area contributed by atoms with Gasteiger partial charge in [0.05, 0.1) is 26.5 Å². The first-order chi connectivity index (χ1) is 11.5. The molecule has 0 fully saturated rings. The predicted octanol–water partition coefficient (Wildman–Crippen LogP) is 1.55. The third-order valence-electron chi connectivity index (χ3n) is 2.59. The molecule has 8 nitrogen and oxygen atoms in total. The molecule has 0 spiro atoms. The number of carbonyl (C=O) groups excluding carboxylic acids is 2. The zero-order valence-corrected chi connectivity index (χ0v) is 13.9. The largest absolute Gasteiger partial charge is 0.493 e. The number of carbonyl (C=O) groups is 2. The maximum Gasteiger partial charge on any atom is 0.331 e. The van der Waals surface area contributed by atoms with Crippen molar-refractivity contribution in [2.75, 3.05) is 33.5 Å². The summed E-state index contributed by atoms with van der Waals surface area (Å²) in [6, 6.07) is 5.16. The van der Waals surface area contributed by atoms with Gasteiger partial charge in [-0.25, -0.2) is 4.79 Å². The van der Waals surface area contributed by atoms with Crippen LogP contribution in [0.2, 0.25) is 0 Å². The van der Waals surface area contributed by atoms with Gasteiger partial charge in [-0.15, -0.1) is 0 Å². The normalized spacial score (nSPS) is 10.5. The second-order valence-corrected chi connectivity index (χ2v) is 4.53. The molecule has 24 heavy (non-hydrogen) atoms. The van der Waals surface area contributed by atoms with E-state index in [4.69, 9.17) is 18.9 Å². The molecule has 0 aliphatic carbocycles. The molecular formula is C16H21NO7. The Hall–Kier alpha value is -2.61. The van der Waals surface area contributed by atoms with Gasteiger partial charge in [-0.2, -0.15) is 0 Å². The number of hydrogen-bond acceptors (Lipinski definition) is 8. The van der Waals surface area contributed by atoms with Crippen molar-refractivity contribution in [2.24, 2.45) is 5.16 Å². The van der Waals surface area contributed by atoms with Crippen LogP contribution >= 0.6 is 0 Å². The van der Waals surface area contributed by atoms with Crippen LogP contribution in [0.1, 0.15) is 19.4 Å². The second-order valence-electron chi connectivity index (χ2n) is 4.53. The standard InChI is InChI=1S/C16H21NO7/c1-12(18)22-8-6-21-7-9-23-15-5-4-14(10-16(15)20-3)11-17-24-13(2)19/h4-5,10-11H,6-9H2,1-3H3. The molecule has 1 aromatic carbocycles. The minimum Gasteiger partial charge on any atom is -0.493 e. The van der Waals surface area contributed by atoms with E-state index in [1.54, 1.807) is 18.2 Å². The Bertz CT molecular complexity index is 572. The molecule has 0 atom stereocenters. The SMILES string of the molecule is COc1cc(C=NOC(C)=O)ccc1OCCOCCOC(C)=O. The van der Waals surface area contributed by atoms with Crippen molar-refractivity contribution in [3.05, 3.63) is 23.8 Å². The van der Waals surface area contributed by atoms with E-state index in [2.05, 4.69) is 9.99 Å². The van der Waals surface area contributed by atoms with Gasteiger partial charge in [-0.1, -0.05) is 5.16 Å². The molecule has 0 aliphatic rings. The van der Waals surface area contributed by atoms with Crippen LogP contribution in [0.5, 0.6) is 11.5 Å². The lowest BCUT2D eigenvalue weighted by atomic mass is 10.2. The van der Waals surface area contributed by atoms with Crippen LogP contribution in [0.25, 0.3) is 0 Å². The monoisotopic (exact) mass is 339 g/mol. The van der Waals surface area contributed by atoms with E-state index >= 15 is 0 Å². The molecule has 0 radical (unpaired) electrons. The molecule has 1 aromatic rings. The van der Waals surface area contributed by atoms with Gasteiger partial charge < -0.3 is 23.8 Å². The third kappa shape index (κ3) is 8.14. The molecule has 0 amide bonds. The molecule has 0 unspecified atom stereocenters. The van der Waals surface area contributed by atoms with Gasteiger partial charge in [0.2, 0.25) is 0 Å². The molecule has 8 heteroatoms. The second kappa shape index (κ2) is 11.0. The molecule has 132 valence electrons. The fraction of sp³-hybridized carbons (Fsp3) is 0.438. The zero-order valence-electron chi connectivity index (χ0n) is 13.9. The average molecular weight is 339 g/mol. The first-order valence-corrected chi connectivity index (χ1v) is 7.26. The third-order valence-corrected chi connectivity index (χ3v) is 2.59. The van der Waals surface area contributed by atoms with Gasteiger partial charge in [0, 0.05) is 19.4 Å². The minimum atomic E-state index is -0.494. The van der Waals surface area contributed by atoms with Gasteiger partial charge in [0.15, 0.2) is 11.5 Å².